The molecule has 0 saturated carbocycles. The van der Waals surface area contributed by atoms with Crippen molar-refractivity contribution in [1.29, 1.82) is 0 Å². The molecule has 2 aromatic carbocycles. The summed E-state index contributed by atoms with van der Waals surface area (Å²) in [6.45, 7) is 4.82. The van der Waals surface area contributed by atoms with Gasteiger partial charge < -0.3 is 10.6 Å². The van der Waals surface area contributed by atoms with Gasteiger partial charge in [-0.1, -0.05) is 55.2 Å². The van der Waals surface area contributed by atoms with Crippen LogP contribution in [0.5, 0.6) is 0 Å². The summed E-state index contributed by atoms with van der Waals surface area (Å²) in [6.07, 6.45) is 3.57. The number of thiocarbonyl (C=S) groups is 1. The van der Waals surface area contributed by atoms with E-state index in [0.29, 0.717) is 27.6 Å². The van der Waals surface area contributed by atoms with Gasteiger partial charge in [0.05, 0.1) is 18.4 Å². The molecule has 0 atom stereocenters. The highest BCUT2D eigenvalue weighted by molar-refractivity contribution is 7.80. The highest BCUT2D eigenvalue weighted by atomic mass is 35.5. The summed E-state index contributed by atoms with van der Waals surface area (Å²) in [7, 11) is 0. The summed E-state index contributed by atoms with van der Waals surface area (Å²) in [4.78, 5) is 0. The van der Waals surface area contributed by atoms with Gasteiger partial charge in [0.2, 0.25) is 0 Å². The van der Waals surface area contributed by atoms with Crippen LogP contribution in [-0.4, -0.2) is 14.9 Å². The zero-order valence-corrected chi connectivity index (χ0v) is 17.4. The Morgan fingerprint density at radius 3 is 2.30 bits per heavy atom. The molecular weight excluding hydrogens is 399 g/mol. The first-order chi connectivity index (χ1) is 12.9. The minimum absolute atomic E-state index is 0.483. The minimum Gasteiger partial charge on any atom is -0.332 e. The zero-order valence-electron chi connectivity index (χ0n) is 15.0. The van der Waals surface area contributed by atoms with E-state index in [4.69, 9.17) is 35.4 Å². The van der Waals surface area contributed by atoms with Gasteiger partial charge in [-0.2, -0.15) is 5.10 Å². The monoisotopic (exact) mass is 418 g/mol. The van der Waals surface area contributed by atoms with Crippen molar-refractivity contribution in [3.8, 4) is 0 Å². The summed E-state index contributed by atoms with van der Waals surface area (Å²) in [5, 5.41) is 12.4. The number of halogens is 2. The summed E-state index contributed by atoms with van der Waals surface area (Å²) < 4.78 is 1.76. The number of aromatic nitrogens is 2. The van der Waals surface area contributed by atoms with Crippen LogP contribution in [0.4, 0.5) is 11.4 Å². The number of nitrogens with one attached hydrogen (secondary N) is 2. The molecule has 0 bridgehead atoms. The Bertz CT molecular complexity index is 915. The number of anilines is 2. The lowest BCUT2D eigenvalue weighted by Crippen LogP contribution is -2.18. The van der Waals surface area contributed by atoms with Gasteiger partial charge in [-0.05, 0) is 48.0 Å². The zero-order chi connectivity index (χ0) is 19.4. The first kappa shape index (κ1) is 19.7. The molecule has 2 N–H and O–H groups in total. The molecule has 0 radical (unpaired) electrons. The lowest BCUT2D eigenvalue weighted by Gasteiger charge is -2.11. The molecule has 1 heterocycles. The summed E-state index contributed by atoms with van der Waals surface area (Å²) in [6, 6.07) is 13.7. The van der Waals surface area contributed by atoms with Gasteiger partial charge >= 0.3 is 0 Å². The van der Waals surface area contributed by atoms with Crippen molar-refractivity contribution >= 4 is 51.9 Å². The van der Waals surface area contributed by atoms with Crippen molar-refractivity contribution in [2.75, 3.05) is 10.6 Å². The fourth-order valence-corrected chi connectivity index (χ4v) is 3.36. The molecule has 0 fully saturated rings. The molecule has 7 heteroatoms. The Morgan fingerprint density at radius 1 is 1.04 bits per heavy atom. The first-order valence-corrected chi connectivity index (χ1v) is 9.72. The second-order valence-corrected chi connectivity index (χ2v) is 7.71. The minimum atomic E-state index is 0.483. The van der Waals surface area contributed by atoms with E-state index in [9.17, 15) is 0 Å². The topological polar surface area (TPSA) is 41.9 Å². The van der Waals surface area contributed by atoms with Crippen LogP contribution in [0.15, 0.2) is 54.9 Å². The quantitative estimate of drug-likeness (QED) is 0.486. The van der Waals surface area contributed by atoms with Crippen molar-refractivity contribution < 1.29 is 0 Å². The molecule has 140 valence electrons. The van der Waals surface area contributed by atoms with Crippen LogP contribution >= 0.6 is 35.4 Å². The molecule has 3 aromatic rings. The molecule has 0 saturated heterocycles. The van der Waals surface area contributed by atoms with Crippen molar-refractivity contribution in [3.05, 3.63) is 76.0 Å². The van der Waals surface area contributed by atoms with E-state index in [-0.39, 0.29) is 0 Å². The molecular formula is C20H20Cl2N4S. The lowest BCUT2D eigenvalue weighted by atomic mass is 10.0. The smallest absolute Gasteiger partial charge is 0.175 e. The van der Waals surface area contributed by atoms with Crippen LogP contribution in [-0.2, 0) is 6.54 Å². The van der Waals surface area contributed by atoms with Crippen LogP contribution in [0.3, 0.4) is 0 Å². The van der Waals surface area contributed by atoms with Gasteiger partial charge in [0, 0.05) is 27.5 Å². The van der Waals surface area contributed by atoms with Gasteiger partial charge in [0.25, 0.3) is 0 Å². The largest absolute Gasteiger partial charge is 0.332 e. The average Bonchev–Trinajstić information content (AvgIpc) is 3.05. The van der Waals surface area contributed by atoms with Crippen LogP contribution < -0.4 is 10.6 Å². The summed E-state index contributed by atoms with van der Waals surface area (Å²) in [5.74, 6) is 0.501. The highest BCUT2D eigenvalue weighted by Gasteiger charge is 2.08. The van der Waals surface area contributed by atoms with Gasteiger partial charge in [0.1, 0.15) is 0 Å². The van der Waals surface area contributed by atoms with Gasteiger partial charge in [-0.3, -0.25) is 4.68 Å². The van der Waals surface area contributed by atoms with Crippen molar-refractivity contribution in [2.45, 2.75) is 26.3 Å². The average molecular weight is 419 g/mol. The Labute approximate surface area is 174 Å². The van der Waals surface area contributed by atoms with E-state index in [1.807, 2.05) is 36.5 Å². The van der Waals surface area contributed by atoms with E-state index in [1.54, 1.807) is 10.9 Å². The molecule has 0 amide bonds. The van der Waals surface area contributed by atoms with Crippen molar-refractivity contribution in [1.82, 2.24) is 9.78 Å². The highest BCUT2D eigenvalue weighted by Crippen LogP contribution is 2.25. The number of hydrogen-bond acceptors (Lipinski definition) is 2. The van der Waals surface area contributed by atoms with Crippen LogP contribution in [0, 0.1) is 0 Å². The van der Waals surface area contributed by atoms with E-state index < -0.39 is 0 Å². The fraction of sp³-hybridized carbons (Fsp3) is 0.200. The summed E-state index contributed by atoms with van der Waals surface area (Å²) in [5.41, 5.74) is 3.85. The van der Waals surface area contributed by atoms with Gasteiger partial charge in [-0.15, -0.1) is 0 Å². The van der Waals surface area contributed by atoms with Crippen LogP contribution in [0.2, 0.25) is 10.0 Å². The predicted molar refractivity (Wildman–Crippen MR) is 118 cm³/mol. The van der Waals surface area contributed by atoms with Crippen molar-refractivity contribution in [3.63, 3.8) is 0 Å². The van der Waals surface area contributed by atoms with E-state index in [0.717, 1.165) is 16.9 Å². The number of hydrogen-bond donors (Lipinski definition) is 2. The Hall–Kier alpha value is -2.08. The van der Waals surface area contributed by atoms with E-state index >= 15 is 0 Å². The SMILES string of the molecule is CC(C)c1ccc(NC(=S)Nc2cnn(Cc3c(Cl)cccc3Cl)c2)cc1. The molecule has 4 nitrogen and oxygen atoms in total. The normalized spacial score (nSPS) is 10.9. The molecule has 3 rings (SSSR count). The van der Waals surface area contributed by atoms with Crippen LogP contribution in [0.1, 0.15) is 30.9 Å². The molecule has 27 heavy (non-hydrogen) atoms. The Kier molecular flexibility index (Phi) is 6.37. The van der Waals surface area contributed by atoms with Gasteiger partial charge in [-0.25, -0.2) is 0 Å². The second-order valence-electron chi connectivity index (χ2n) is 6.48. The molecule has 0 aliphatic carbocycles. The van der Waals surface area contributed by atoms with E-state index in [1.165, 1.54) is 5.56 Å². The standard InChI is InChI=1S/C20H20Cl2N4S/c1-13(2)14-6-8-15(9-7-14)24-20(27)25-16-10-23-26(11-16)12-17-18(21)4-3-5-19(17)22/h3-11,13H,12H2,1-2H3,(H2,24,25,27). The third-order valence-electron chi connectivity index (χ3n) is 4.11. The fourth-order valence-electron chi connectivity index (χ4n) is 2.60. The molecule has 0 aliphatic rings. The maximum Gasteiger partial charge on any atom is 0.175 e. The molecule has 0 aliphatic heterocycles. The maximum absolute atomic E-state index is 6.22. The molecule has 0 spiro atoms. The predicted octanol–water partition coefficient (Wildman–Crippen LogP) is 6.17. The Balaban J connectivity index is 1.61. The van der Waals surface area contributed by atoms with E-state index in [2.05, 4.69) is 41.7 Å². The Morgan fingerprint density at radius 2 is 1.67 bits per heavy atom. The third kappa shape index (κ3) is 5.22. The number of rotatable bonds is 5. The lowest BCUT2D eigenvalue weighted by molar-refractivity contribution is 0.687. The first-order valence-electron chi connectivity index (χ1n) is 8.55. The maximum atomic E-state index is 6.22. The number of benzene rings is 2. The molecule has 0 unspecified atom stereocenters. The number of nitrogens with zero attached hydrogens (tertiary/aromatic N) is 2. The summed E-state index contributed by atoms with van der Waals surface area (Å²) >= 11 is 17.8. The van der Waals surface area contributed by atoms with Crippen LogP contribution in [0.25, 0.3) is 0 Å². The van der Waals surface area contributed by atoms with Crippen molar-refractivity contribution in [2.24, 2.45) is 0 Å². The second kappa shape index (κ2) is 8.74. The molecule has 1 aromatic heterocycles. The third-order valence-corrected chi connectivity index (χ3v) is 5.02. The van der Waals surface area contributed by atoms with Gasteiger partial charge in [0.15, 0.2) is 5.11 Å².